The molecule has 0 saturated carbocycles. The molecule has 2 aromatic carbocycles. The van der Waals surface area contributed by atoms with Gasteiger partial charge in [-0.3, -0.25) is 9.78 Å². The Morgan fingerprint density at radius 1 is 0.969 bits per heavy atom. The van der Waals surface area contributed by atoms with Crippen molar-refractivity contribution in [3.05, 3.63) is 97.0 Å². The van der Waals surface area contributed by atoms with Crippen molar-refractivity contribution in [2.24, 2.45) is 0 Å². The lowest BCUT2D eigenvalue weighted by molar-refractivity contribution is 0.102. The molecule has 0 aliphatic rings. The number of nitrogens with zero attached hydrogens (tertiary/aromatic N) is 2. The number of pyridine rings is 2. The Hall–Kier alpha value is -4.45. The van der Waals surface area contributed by atoms with E-state index in [0.717, 1.165) is 22.3 Å². The van der Waals surface area contributed by atoms with Crippen LogP contribution in [0.3, 0.4) is 0 Å². The number of anilines is 1. The summed E-state index contributed by atoms with van der Waals surface area (Å²) in [7, 11) is 1.64. The molecule has 0 unspecified atom stereocenters. The Balaban J connectivity index is 1.65. The Morgan fingerprint density at radius 3 is 2.66 bits per heavy atom. The highest BCUT2D eigenvalue weighted by Crippen LogP contribution is 2.31. The first-order chi connectivity index (χ1) is 15.7. The number of carbonyl (C=O) groups is 1. The van der Waals surface area contributed by atoms with Crippen molar-refractivity contribution in [3.8, 4) is 28.3 Å². The third kappa shape index (κ3) is 3.81. The summed E-state index contributed by atoms with van der Waals surface area (Å²) in [6, 6.07) is 22.6. The molecule has 0 radical (unpaired) electrons. The molecule has 0 spiro atoms. The maximum absolute atomic E-state index is 13.3. The maximum atomic E-state index is 13.3. The van der Waals surface area contributed by atoms with Crippen LogP contribution >= 0.6 is 0 Å². The van der Waals surface area contributed by atoms with Crippen LogP contribution in [0.1, 0.15) is 10.4 Å². The molecule has 5 aromatic rings. The highest BCUT2D eigenvalue weighted by Gasteiger charge is 2.16. The van der Waals surface area contributed by atoms with Crippen molar-refractivity contribution in [2.45, 2.75) is 0 Å². The Bertz CT molecular complexity index is 1400. The van der Waals surface area contributed by atoms with Crippen LogP contribution in [0.4, 0.5) is 5.69 Å². The standard InChI is InChI=1S/C26H19N3O3/c1-31-20-7-2-5-17(13-20)18-9-10-23-21(14-18)22(15-24(29-23)25-8-4-12-32-25)26(30)28-19-6-3-11-27-16-19/h2-16H,1H3,(H,28,30). The monoisotopic (exact) mass is 421 g/mol. The smallest absolute Gasteiger partial charge is 0.256 e. The fourth-order valence-electron chi connectivity index (χ4n) is 3.58. The van der Waals surface area contributed by atoms with Gasteiger partial charge in [0.2, 0.25) is 0 Å². The predicted octanol–water partition coefficient (Wildman–Crippen LogP) is 5.82. The van der Waals surface area contributed by atoms with E-state index in [4.69, 9.17) is 14.1 Å². The molecule has 0 bridgehead atoms. The molecule has 0 fully saturated rings. The molecule has 1 amide bonds. The van der Waals surface area contributed by atoms with Gasteiger partial charge in [-0.15, -0.1) is 0 Å². The summed E-state index contributed by atoms with van der Waals surface area (Å²) in [5.41, 5.74) is 4.34. The predicted molar refractivity (Wildman–Crippen MR) is 124 cm³/mol. The zero-order valence-corrected chi connectivity index (χ0v) is 17.3. The van der Waals surface area contributed by atoms with Gasteiger partial charge in [0.05, 0.1) is 36.3 Å². The molecule has 156 valence electrons. The number of ether oxygens (including phenoxy) is 1. The zero-order chi connectivity index (χ0) is 21.9. The molecular weight excluding hydrogens is 402 g/mol. The van der Waals surface area contributed by atoms with Crippen LogP contribution in [-0.2, 0) is 0 Å². The number of benzene rings is 2. The van der Waals surface area contributed by atoms with Gasteiger partial charge in [-0.2, -0.15) is 0 Å². The van der Waals surface area contributed by atoms with Crippen molar-refractivity contribution in [3.63, 3.8) is 0 Å². The van der Waals surface area contributed by atoms with Crippen LogP contribution in [0.5, 0.6) is 5.75 Å². The summed E-state index contributed by atoms with van der Waals surface area (Å²) in [4.78, 5) is 22.1. The molecule has 1 N–H and O–H groups in total. The number of furan rings is 1. The summed E-state index contributed by atoms with van der Waals surface area (Å²) >= 11 is 0. The fraction of sp³-hybridized carbons (Fsp3) is 0.0385. The zero-order valence-electron chi connectivity index (χ0n) is 17.3. The minimum absolute atomic E-state index is 0.249. The fourth-order valence-corrected chi connectivity index (χ4v) is 3.58. The molecule has 0 saturated heterocycles. The van der Waals surface area contributed by atoms with Crippen LogP contribution in [0, 0.1) is 0 Å². The van der Waals surface area contributed by atoms with Gasteiger partial charge < -0.3 is 14.5 Å². The van der Waals surface area contributed by atoms with Crippen LogP contribution in [0.25, 0.3) is 33.5 Å². The van der Waals surface area contributed by atoms with Gasteiger partial charge in [0.15, 0.2) is 5.76 Å². The SMILES string of the molecule is COc1cccc(-c2ccc3nc(-c4ccco4)cc(C(=O)Nc4cccnc4)c3c2)c1. The van der Waals surface area contributed by atoms with Gasteiger partial charge in [-0.1, -0.05) is 18.2 Å². The topological polar surface area (TPSA) is 77.2 Å². The van der Waals surface area contributed by atoms with E-state index in [9.17, 15) is 4.79 Å². The van der Waals surface area contributed by atoms with Crippen LogP contribution in [0.15, 0.2) is 95.9 Å². The average Bonchev–Trinajstić information content (AvgIpc) is 3.39. The molecule has 6 heteroatoms. The summed E-state index contributed by atoms with van der Waals surface area (Å²) in [6.07, 6.45) is 4.85. The van der Waals surface area contributed by atoms with E-state index in [-0.39, 0.29) is 5.91 Å². The van der Waals surface area contributed by atoms with Gasteiger partial charge in [0.25, 0.3) is 5.91 Å². The Kier molecular flexibility index (Phi) is 5.09. The maximum Gasteiger partial charge on any atom is 0.256 e. The second-order valence-electron chi connectivity index (χ2n) is 7.19. The number of aromatic nitrogens is 2. The normalized spacial score (nSPS) is 10.8. The average molecular weight is 421 g/mol. The molecule has 0 atom stereocenters. The minimum Gasteiger partial charge on any atom is -0.497 e. The van der Waals surface area contributed by atoms with Crippen molar-refractivity contribution >= 4 is 22.5 Å². The largest absolute Gasteiger partial charge is 0.497 e. The van der Waals surface area contributed by atoms with Crippen molar-refractivity contribution < 1.29 is 13.9 Å². The number of rotatable bonds is 5. The lowest BCUT2D eigenvalue weighted by atomic mass is 9.99. The number of fused-ring (bicyclic) bond motifs is 1. The van der Waals surface area contributed by atoms with Crippen molar-refractivity contribution in [1.82, 2.24) is 9.97 Å². The van der Waals surface area contributed by atoms with E-state index in [1.807, 2.05) is 48.5 Å². The van der Waals surface area contributed by atoms with E-state index in [2.05, 4.69) is 10.3 Å². The van der Waals surface area contributed by atoms with E-state index in [1.165, 1.54) is 0 Å². The molecule has 5 rings (SSSR count). The molecule has 0 aliphatic carbocycles. The molecule has 32 heavy (non-hydrogen) atoms. The number of methoxy groups -OCH3 is 1. The van der Waals surface area contributed by atoms with Gasteiger partial charge in [-0.25, -0.2) is 4.98 Å². The van der Waals surface area contributed by atoms with Crippen molar-refractivity contribution in [1.29, 1.82) is 0 Å². The van der Waals surface area contributed by atoms with E-state index in [1.54, 1.807) is 50.0 Å². The third-order valence-electron chi connectivity index (χ3n) is 5.15. The molecule has 3 heterocycles. The summed E-state index contributed by atoms with van der Waals surface area (Å²) in [6.45, 7) is 0. The first-order valence-electron chi connectivity index (χ1n) is 10.1. The molecule has 0 aliphatic heterocycles. The Morgan fingerprint density at radius 2 is 1.88 bits per heavy atom. The quantitative estimate of drug-likeness (QED) is 0.387. The van der Waals surface area contributed by atoms with Gasteiger partial charge in [-0.05, 0) is 65.7 Å². The van der Waals surface area contributed by atoms with E-state index in [0.29, 0.717) is 28.2 Å². The number of hydrogen-bond donors (Lipinski definition) is 1. The van der Waals surface area contributed by atoms with Crippen molar-refractivity contribution in [2.75, 3.05) is 12.4 Å². The first kappa shape index (κ1) is 19.5. The molecule has 3 aromatic heterocycles. The second kappa shape index (κ2) is 8.35. The number of amides is 1. The summed E-state index contributed by atoms with van der Waals surface area (Å²) in [5.74, 6) is 1.11. The highest BCUT2D eigenvalue weighted by molar-refractivity contribution is 6.13. The number of carbonyl (C=O) groups excluding carboxylic acids is 1. The van der Waals surface area contributed by atoms with Gasteiger partial charge >= 0.3 is 0 Å². The highest BCUT2D eigenvalue weighted by atomic mass is 16.5. The van der Waals surface area contributed by atoms with Crippen LogP contribution < -0.4 is 10.1 Å². The molecular formula is C26H19N3O3. The van der Waals surface area contributed by atoms with Gasteiger partial charge in [0.1, 0.15) is 11.4 Å². The molecule has 6 nitrogen and oxygen atoms in total. The first-order valence-corrected chi connectivity index (χ1v) is 10.1. The number of hydrogen-bond acceptors (Lipinski definition) is 5. The van der Waals surface area contributed by atoms with Crippen LogP contribution in [0.2, 0.25) is 0 Å². The number of nitrogens with one attached hydrogen (secondary N) is 1. The third-order valence-corrected chi connectivity index (χ3v) is 5.15. The van der Waals surface area contributed by atoms with E-state index >= 15 is 0 Å². The van der Waals surface area contributed by atoms with Gasteiger partial charge in [0, 0.05) is 11.6 Å². The van der Waals surface area contributed by atoms with E-state index < -0.39 is 0 Å². The summed E-state index contributed by atoms with van der Waals surface area (Å²) < 4.78 is 10.9. The van der Waals surface area contributed by atoms with Crippen LogP contribution in [-0.4, -0.2) is 23.0 Å². The lowest BCUT2D eigenvalue weighted by Crippen LogP contribution is -2.13. The Labute approximate surface area is 184 Å². The summed E-state index contributed by atoms with van der Waals surface area (Å²) in [5, 5.41) is 3.66. The lowest BCUT2D eigenvalue weighted by Gasteiger charge is -2.12. The minimum atomic E-state index is -0.249. The second-order valence-corrected chi connectivity index (χ2v) is 7.19.